The molecule has 0 aliphatic heterocycles. The lowest BCUT2D eigenvalue weighted by Gasteiger charge is -2.13. The molecule has 0 amide bonds. The second-order valence-electron chi connectivity index (χ2n) is 5.01. The van der Waals surface area contributed by atoms with Gasteiger partial charge < -0.3 is 9.84 Å². The lowest BCUT2D eigenvalue weighted by Crippen LogP contribution is -2.10. The van der Waals surface area contributed by atoms with E-state index in [0.29, 0.717) is 16.8 Å². The molecule has 1 N–H and O–H groups in total. The van der Waals surface area contributed by atoms with Crippen LogP contribution in [0.4, 0.5) is 5.69 Å². The van der Waals surface area contributed by atoms with E-state index < -0.39 is 11.0 Å². The van der Waals surface area contributed by atoms with Crippen LogP contribution in [0.25, 0.3) is 10.9 Å². The fourth-order valence-electron chi connectivity index (χ4n) is 2.30. The van der Waals surface area contributed by atoms with Crippen molar-refractivity contribution in [3.8, 4) is 5.75 Å². The van der Waals surface area contributed by atoms with Crippen LogP contribution in [0.5, 0.6) is 5.75 Å². The van der Waals surface area contributed by atoms with Crippen molar-refractivity contribution in [2.24, 2.45) is 0 Å². The zero-order chi connectivity index (χ0) is 16.2. The van der Waals surface area contributed by atoms with Crippen molar-refractivity contribution in [2.75, 3.05) is 6.61 Å². The van der Waals surface area contributed by atoms with Crippen LogP contribution in [-0.2, 0) is 0 Å². The molecule has 116 valence electrons. The Hall–Kier alpha value is -2.99. The maximum absolute atomic E-state index is 10.8. The van der Waals surface area contributed by atoms with Crippen LogP contribution in [0.2, 0.25) is 0 Å². The van der Waals surface area contributed by atoms with E-state index in [1.165, 1.54) is 18.2 Å². The SMILES string of the molecule is O=[N+]([O-])c1cccc(C(O)COc2cccc3cccnc23)c1. The predicted octanol–water partition coefficient (Wildman–Crippen LogP) is 3.26. The third kappa shape index (κ3) is 3.27. The van der Waals surface area contributed by atoms with Crippen molar-refractivity contribution in [3.63, 3.8) is 0 Å². The lowest BCUT2D eigenvalue weighted by atomic mass is 10.1. The molecule has 1 atom stereocenters. The number of rotatable bonds is 5. The van der Waals surface area contributed by atoms with Crippen molar-refractivity contribution < 1.29 is 14.8 Å². The number of aromatic nitrogens is 1. The molecule has 0 bridgehead atoms. The molecule has 3 rings (SSSR count). The number of benzene rings is 2. The summed E-state index contributed by atoms with van der Waals surface area (Å²) in [6.07, 6.45) is 0.709. The molecule has 0 fully saturated rings. The van der Waals surface area contributed by atoms with Gasteiger partial charge in [0.1, 0.15) is 24.0 Å². The summed E-state index contributed by atoms with van der Waals surface area (Å²) in [5.74, 6) is 0.563. The minimum atomic E-state index is -0.964. The lowest BCUT2D eigenvalue weighted by molar-refractivity contribution is -0.385. The van der Waals surface area contributed by atoms with E-state index >= 15 is 0 Å². The average molecular weight is 310 g/mol. The van der Waals surface area contributed by atoms with Gasteiger partial charge in [-0.15, -0.1) is 0 Å². The molecule has 1 unspecified atom stereocenters. The van der Waals surface area contributed by atoms with E-state index in [2.05, 4.69) is 4.98 Å². The number of nitro groups is 1. The summed E-state index contributed by atoms with van der Waals surface area (Å²) in [4.78, 5) is 14.6. The summed E-state index contributed by atoms with van der Waals surface area (Å²) in [6, 6.07) is 15.2. The van der Waals surface area contributed by atoms with Gasteiger partial charge in [-0.2, -0.15) is 0 Å². The molecule has 2 aromatic carbocycles. The minimum absolute atomic E-state index is 0.0170. The highest BCUT2D eigenvalue weighted by Crippen LogP contribution is 2.25. The number of aliphatic hydroxyl groups is 1. The van der Waals surface area contributed by atoms with Gasteiger partial charge in [-0.3, -0.25) is 15.1 Å². The Labute approximate surface area is 132 Å². The monoisotopic (exact) mass is 310 g/mol. The van der Waals surface area contributed by atoms with E-state index in [0.717, 1.165) is 5.39 Å². The zero-order valence-corrected chi connectivity index (χ0v) is 12.1. The van der Waals surface area contributed by atoms with E-state index in [1.807, 2.05) is 24.3 Å². The highest BCUT2D eigenvalue weighted by Gasteiger charge is 2.14. The summed E-state index contributed by atoms with van der Waals surface area (Å²) >= 11 is 0. The van der Waals surface area contributed by atoms with Gasteiger partial charge in [-0.1, -0.05) is 30.3 Å². The number of non-ortho nitro benzene ring substituents is 1. The Kier molecular flexibility index (Phi) is 4.16. The van der Waals surface area contributed by atoms with E-state index in [1.54, 1.807) is 18.3 Å². The number of aliphatic hydroxyl groups excluding tert-OH is 1. The number of fused-ring (bicyclic) bond motifs is 1. The van der Waals surface area contributed by atoms with Gasteiger partial charge in [0.05, 0.1) is 4.92 Å². The van der Waals surface area contributed by atoms with Gasteiger partial charge in [0, 0.05) is 23.7 Å². The summed E-state index contributed by atoms with van der Waals surface area (Å²) in [5, 5.41) is 21.9. The van der Waals surface area contributed by atoms with Gasteiger partial charge in [-0.25, -0.2) is 0 Å². The summed E-state index contributed by atoms with van der Waals surface area (Å²) < 4.78 is 5.65. The van der Waals surface area contributed by atoms with Crippen LogP contribution in [0.15, 0.2) is 60.8 Å². The highest BCUT2D eigenvalue weighted by molar-refractivity contribution is 5.84. The fourth-order valence-corrected chi connectivity index (χ4v) is 2.30. The number of para-hydroxylation sites is 1. The van der Waals surface area contributed by atoms with Gasteiger partial charge >= 0.3 is 0 Å². The standard InChI is InChI=1S/C17H14N2O4/c20-15(13-5-1-7-14(10-13)19(21)22)11-23-16-8-2-4-12-6-3-9-18-17(12)16/h1-10,15,20H,11H2. The molecule has 3 aromatic rings. The third-order valence-corrected chi connectivity index (χ3v) is 3.46. The average Bonchev–Trinajstić information content (AvgIpc) is 2.59. The van der Waals surface area contributed by atoms with Crippen LogP contribution in [-0.4, -0.2) is 21.6 Å². The molecular formula is C17H14N2O4. The molecule has 0 saturated carbocycles. The number of nitrogens with zero attached hydrogens (tertiary/aromatic N) is 2. The van der Waals surface area contributed by atoms with E-state index in [9.17, 15) is 15.2 Å². The van der Waals surface area contributed by atoms with Crippen LogP contribution < -0.4 is 4.74 Å². The third-order valence-electron chi connectivity index (χ3n) is 3.46. The zero-order valence-electron chi connectivity index (χ0n) is 12.1. The molecule has 0 saturated heterocycles. The Morgan fingerprint density at radius 2 is 1.96 bits per heavy atom. The van der Waals surface area contributed by atoms with E-state index in [4.69, 9.17) is 4.74 Å². The fraction of sp³-hybridized carbons (Fsp3) is 0.118. The first-order valence-electron chi connectivity index (χ1n) is 7.04. The van der Waals surface area contributed by atoms with Crippen molar-refractivity contribution in [3.05, 3.63) is 76.5 Å². The van der Waals surface area contributed by atoms with Crippen LogP contribution in [0.1, 0.15) is 11.7 Å². The Morgan fingerprint density at radius 1 is 1.17 bits per heavy atom. The number of hydrogen-bond donors (Lipinski definition) is 1. The Balaban J connectivity index is 1.77. The number of hydrogen-bond acceptors (Lipinski definition) is 5. The first-order valence-corrected chi connectivity index (χ1v) is 7.04. The second kappa shape index (κ2) is 6.41. The quantitative estimate of drug-likeness (QED) is 0.577. The van der Waals surface area contributed by atoms with Gasteiger partial charge in [-0.05, 0) is 17.7 Å². The number of pyridine rings is 1. The molecule has 1 aromatic heterocycles. The molecule has 23 heavy (non-hydrogen) atoms. The van der Waals surface area contributed by atoms with Gasteiger partial charge in [0.2, 0.25) is 0 Å². The first-order chi connectivity index (χ1) is 11.1. The Bertz CT molecular complexity index is 845. The van der Waals surface area contributed by atoms with Crippen molar-refractivity contribution in [1.29, 1.82) is 0 Å². The molecule has 0 radical (unpaired) electrons. The molecule has 6 nitrogen and oxygen atoms in total. The first kappa shape index (κ1) is 14.9. The molecule has 1 heterocycles. The second-order valence-corrected chi connectivity index (χ2v) is 5.01. The summed E-state index contributed by atoms with van der Waals surface area (Å²) in [5.41, 5.74) is 1.09. The predicted molar refractivity (Wildman–Crippen MR) is 85.3 cm³/mol. The number of nitro benzene ring substituents is 1. The summed E-state index contributed by atoms with van der Waals surface area (Å²) in [6.45, 7) is -0.0170. The molecule has 0 spiro atoms. The topological polar surface area (TPSA) is 85.5 Å². The maximum Gasteiger partial charge on any atom is 0.269 e. The minimum Gasteiger partial charge on any atom is -0.488 e. The molecule has 0 aliphatic carbocycles. The molecule has 0 aliphatic rings. The van der Waals surface area contributed by atoms with Gasteiger partial charge in [0.15, 0.2) is 0 Å². The Morgan fingerprint density at radius 3 is 2.78 bits per heavy atom. The smallest absolute Gasteiger partial charge is 0.269 e. The summed E-state index contributed by atoms with van der Waals surface area (Å²) in [7, 11) is 0. The molecular weight excluding hydrogens is 296 g/mol. The number of ether oxygens (including phenoxy) is 1. The van der Waals surface area contributed by atoms with Crippen LogP contribution >= 0.6 is 0 Å². The largest absolute Gasteiger partial charge is 0.488 e. The maximum atomic E-state index is 10.8. The van der Waals surface area contributed by atoms with Crippen molar-refractivity contribution >= 4 is 16.6 Å². The van der Waals surface area contributed by atoms with Crippen molar-refractivity contribution in [2.45, 2.75) is 6.10 Å². The highest BCUT2D eigenvalue weighted by atomic mass is 16.6. The van der Waals surface area contributed by atoms with E-state index in [-0.39, 0.29) is 12.3 Å². The van der Waals surface area contributed by atoms with Crippen LogP contribution in [0.3, 0.4) is 0 Å². The molecule has 6 heteroatoms. The van der Waals surface area contributed by atoms with Gasteiger partial charge in [0.25, 0.3) is 5.69 Å². The van der Waals surface area contributed by atoms with Crippen molar-refractivity contribution in [1.82, 2.24) is 4.98 Å². The normalized spacial score (nSPS) is 12.0. The van der Waals surface area contributed by atoms with Crippen LogP contribution in [0, 0.1) is 10.1 Å².